The van der Waals surface area contributed by atoms with E-state index in [0.29, 0.717) is 13.1 Å². The molecule has 2 aromatic rings. The summed E-state index contributed by atoms with van der Waals surface area (Å²) >= 11 is 2.18. The van der Waals surface area contributed by atoms with Gasteiger partial charge in [-0.25, -0.2) is 9.97 Å². The van der Waals surface area contributed by atoms with Gasteiger partial charge in [-0.05, 0) is 27.8 Å². The Morgan fingerprint density at radius 3 is 3.07 bits per heavy atom. The number of tetrazole rings is 1. The highest BCUT2D eigenvalue weighted by molar-refractivity contribution is 14.1. The van der Waals surface area contributed by atoms with Gasteiger partial charge in [-0.2, -0.15) is 4.80 Å². The van der Waals surface area contributed by atoms with Crippen LogP contribution in [-0.2, 0) is 6.54 Å². The van der Waals surface area contributed by atoms with Crippen LogP contribution in [0.15, 0.2) is 18.9 Å². The topological polar surface area (TPSA) is 81.4 Å². The van der Waals surface area contributed by atoms with Gasteiger partial charge >= 0.3 is 0 Å². The number of hydrogen-bond donors (Lipinski definition) is 1. The van der Waals surface area contributed by atoms with Crippen LogP contribution < -0.4 is 5.32 Å². The predicted octanol–water partition coefficient (Wildman–Crippen LogP) is 0.180. The van der Waals surface area contributed by atoms with Crippen LogP contribution in [0.25, 0.3) is 0 Å². The molecular weight excluding hydrogens is 309 g/mol. The number of rotatable bonds is 4. The van der Waals surface area contributed by atoms with Crippen molar-refractivity contribution in [1.82, 2.24) is 30.2 Å². The summed E-state index contributed by atoms with van der Waals surface area (Å²) in [5.74, 6) is 0.825. The molecule has 2 heterocycles. The fraction of sp³-hybridized carbons (Fsp3) is 0.286. The molecule has 78 valence electrons. The van der Waals surface area contributed by atoms with Gasteiger partial charge in [-0.1, -0.05) is 0 Å². The average Bonchev–Trinajstić information content (AvgIpc) is 2.74. The Morgan fingerprint density at radius 2 is 2.33 bits per heavy atom. The molecule has 15 heavy (non-hydrogen) atoms. The van der Waals surface area contributed by atoms with Gasteiger partial charge < -0.3 is 5.32 Å². The molecule has 2 rings (SSSR count). The Morgan fingerprint density at radius 1 is 1.40 bits per heavy atom. The molecule has 0 saturated carbocycles. The van der Waals surface area contributed by atoms with Crippen LogP contribution in [0.5, 0.6) is 0 Å². The van der Waals surface area contributed by atoms with Crippen LogP contribution in [0.2, 0.25) is 0 Å². The van der Waals surface area contributed by atoms with Gasteiger partial charge in [0.1, 0.15) is 12.1 Å². The molecule has 0 atom stereocenters. The smallest absolute Gasteiger partial charge is 0.162 e. The van der Waals surface area contributed by atoms with Crippen molar-refractivity contribution in [2.45, 2.75) is 6.54 Å². The third-order valence-electron chi connectivity index (χ3n) is 1.66. The molecule has 0 unspecified atom stereocenters. The second-order valence-electron chi connectivity index (χ2n) is 2.68. The van der Waals surface area contributed by atoms with Crippen LogP contribution in [0.1, 0.15) is 0 Å². The fourth-order valence-corrected chi connectivity index (χ4v) is 1.50. The van der Waals surface area contributed by atoms with Crippen LogP contribution in [0.3, 0.4) is 0 Å². The minimum absolute atomic E-state index is 0.653. The van der Waals surface area contributed by atoms with Crippen molar-refractivity contribution >= 4 is 28.4 Å². The van der Waals surface area contributed by atoms with E-state index in [1.807, 2.05) is 0 Å². The normalized spacial score (nSPS) is 10.2. The largest absolute Gasteiger partial charge is 0.367 e. The molecule has 0 aliphatic heterocycles. The Kier molecular flexibility index (Phi) is 3.37. The maximum Gasteiger partial charge on any atom is 0.162 e. The summed E-state index contributed by atoms with van der Waals surface area (Å²) < 4.78 is 0.988. The van der Waals surface area contributed by atoms with Crippen molar-refractivity contribution in [2.75, 3.05) is 11.9 Å². The maximum absolute atomic E-state index is 4.10. The van der Waals surface area contributed by atoms with Crippen LogP contribution in [-0.4, -0.2) is 36.7 Å². The highest BCUT2D eigenvalue weighted by Crippen LogP contribution is 2.11. The van der Waals surface area contributed by atoms with Gasteiger partial charge in [0, 0.05) is 12.7 Å². The summed E-state index contributed by atoms with van der Waals surface area (Å²) in [5, 5.41) is 14.4. The van der Waals surface area contributed by atoms with Gasteiger partial charge in [-0.3, -0.25) is 0 Å². The van der Waals surface area contributed by atoms with Crippen molar-refractivity contribution in [3.05, 3.63) is 22.4 Å². The third-order valence-corrected chi connectivity index (χ3v) is 2.45. The Balaban J connectivity index is 1.86. The first-order chi connectivity index (χ1) is 7.36. The van der Waals surface area contributed by atoms with Crippen molar-refractivity contribution in [2.24, 2.45) is 0 Å². The SMILES string of the molecule is Ic1cncnc1NCCn1ncnn1. The van der Waals surface area contributed by atoms with Gasteiger partial charge in [0.15, 0.2) is 6.33 Å². The average molecular weight is 317 g/mol. The van der Waals surface area contributed by atoms with Crippen molar-refractivity contribution in [1.29, 1.82) is 0 Å². The van der Waals surface area contributed by atoms with Gasteiger partial charge in [0.2, 0.25) is 0 Å². The molecule has 1 N–H and O–H groups in total. The van der Waals surface area contributed by atoms with Gasteiger partial charge in [-0.15, -0.1) is 10.2 Å². The Labute approximate surface area is 99.5 Å². The summed E-state index contributed by atoms with van der Waals surface area (Å²) in [7, 11) is 0. The molecule has 0 amide bonds. The van der Waals surface area contributed by atoms with E-state index in [-0.39, 0.29) is 0 Å². The second-order valence-corrected chi connectivity index (χ2v) is 3.84. The fourth-order valence-electron chi connectivity index (χ4n) is 1.01. The Bertz CT molecular complexity index is 415. The first-order valence-electron chi connectivity index (χ1n) is 4.26. The number of nitrogens with zero attached hydrogens (tertiary/aromatic N) is 6. The molecule has 0 aliphatic rings. The number of halogens is 1. The highest BCUT2D eigenvalue weighted by atomic mass is 127. The molecule has 0 spiro atoms. The van der Waals surface area contributed by atoms with E-state index in [4.69, 9.17) is 0 Å². The third kappa shape index (κ3) is 2.81. The lowest BCUT2D eigenvalue weighted by Crippen LogP contribution is -2.14. The molecule has 0 aromatic carbocycles. The Hall–Kier alpha value is -1.32. The maximum atomic E-state index is 4.10. The lowest BCUT2D eigenvalue weighted by molar-refractivity contribution is 0.538. The summed E-state index contributed by atoms with van der Waals surface area (Å²) in [6.45, 7) is 1.35. The van der Waals surface area contributed by atoms with E-state index in [2.05, 4.69) is 53.3 Å². The summed E-state index contributed by atoms with van der Waals surface area (Å²) in [4.78, 5) is 9.52. The molecule has 0 fully saturated rings. The highest BCUT2D eigenvalue weighted by Gasteiger charge is 1.99. The van der Waals surface area contributed by atoms with E-state index < -0.39 is 0 Å². The molecule has 8 heteroatoms. The van der Waals surface area contributed by atoms with E-state index in [9.17, 15) is 0 Å². The first kappa shape index (κ1) is 10.2. The number of anilines is 1. The minimum Gasteiger partial charge on any atom is -0.367 e. The summed E-state index contributed by atoms with van der Waals surface area (Å²) in [5.41, 5.74) is 0. The van der Waals surface area contributed by atoms with E-state index >= 15 is 0 Å². The molecule has 2 aromatic heterocycles. The molecule has 0 bridgehead atoms. The zero-order valence-electron chi connectivity index (χ0n) is 7.71. The molecular formula is C7H8IN7. The number of aromatic nitrogens is 6. The van der Waals surface area contributed by atoms with E-state index in [1.54, 1.807) is 6.20 Å². The first-order valence-corrected chi connectivity index (χ1v) is 5.34. The summed E-state index contributed by atoms with van der Waals surface area (Å²) in [6, 6.07) is 0. The quantitative estimate of drug-likeness (QED) is 0.810. The van der Waals surface area contributed by atoms with E-state index in [1.165, 1.54) is 17.5 Å². The lowest BCUT2D eigenvalue weighted by atomic mass is 10.5. The van der Waals surface area contributed by atoms with Crippen molar-refractivity contribution in [3.8, 4) is 0 Å². The van der Waals surface area contributed by atoms with Crippen LogP contribution in [0, 0.1) is 3.57 Å². The van der Waals surface area contributed by atoms with Crippen molar-refractivity contribution < 1.29 is 0 Å². The minimum atomic E-state index is 0.653. The van der Waals surface area contributed by atoms with Crippen molar-refractivity contribution in [3.63, 3.8) is 0 Å². The zero-order chi connectivity index (χ0) is 10.5. The molecule has 0 saturated heterocycles. The summed E-state index contributed by atoms with van der Waals surface area (Å²) in [6.07, 6.45) is 4.68. The molecule has 7 nitrogen and oxygen atoms in total. The molecule has 0 aliphatic carbocycles. The molecule has 0 radical (unpaired) electrons. The predicted molar refractivity (Wildman–Crippen MR) is 61.1 cm³/mol. The van der Waals surface area contributed by atoms with Crippen LogP contribution >= 0.6 is 22.6 Å². The lowest BCUT2D eigenvalue weighted by Gasteiger charge is -2.05. The standard InChI is InChI=1S/C7H8IN7/c8-6-3-9-4-11-7(6)10-1-2-15-13-5-12-14-15/h3-5H,1-2H2,(H,9,10,11). The number of nitrogens with one attached hydrogen (secondary N) is 1. The van der Waals surface area contributed by atoms with Gasteiger partial charge in [0.05, 0.1) is 10.1 Å². The number of hydrogen-bond acceptors (Lipinski definition) is 6. The van der Waals surface area contributed by atoms with Crippen LogP contribution in [0.4, 0.5) is 5.82 Å². The van der Waals surface area contributed by atoms with E-state index in [0.717, 1.165) is 9.39 Å². The zero-order valence-corrected chi connectivity index (χ0v) is 9.87. The monoisotopic (exact) mass is 317 g/mol. The second kappa shape index (κ2) is 4.96. The van der Waals surface area contributed by atoms with Gasteiger partial charge in [0.25, 0.3) is 0 Å².